The van der Waals surface area contributed by atoms with Crippen LogP contribution >= 0.6 is 0 Å². The summed E-state index contributed by atoms with van der Waals surface area (Å²) >= 11 is 0. The highest BCUT2D eigenvalue weighted by molar-refractivity contribution is 5.81. The first-order chi connectivity index (χ1) is 12.2. The molecule has 2 aromatic rings. The summed E-state index contributed by atoms with van der Waals surface area (Å²) in [6.45, 7) is 12.8. The molecule has 0 radical (unpaired) electrons. The van der Waals surface area contributed by atoms with E-state index in [1.807, 2.05) is 0 Å². The van der Waals surface area contributed by atoms with Gasteiger partial charge in [-0.1, -0.05) is 88.9 Å². The first-order valence-electron chi connectivity index (χ1n) is 9.19. The summed E-state index contributed by atoms with van der Waals surface area (Å²) in [6, 6.07) is 19.5. The predicted octanol–water partition coefficient (Wildman–Crippen LogP) is 5.70. The Morgan fingerprint density at radius 3 is 2.12 bits per heavy atom. The summed E-state index contributed by atoms with van der Waals surface area (Å²) in [5.41, 5.74) is 3.98. The van der Waals surface area contributed by atoms with Crippen LogP contribution in [-0.2, 0) is 21.4 Å². The first-order valence-corrected chi connectivity index (χ1v) is 9.19. The molecule has 2 nitrogen and oxygen atoms in total. The van der Waals surface area contributed by atoms with E-state index in [2.05, 4.69) is 88.9 Å². The van der Waals surface area contributed by atoms with Crippen molar-refractivity contribution in [1.29, 1.82) is 0 Å². The minimum Gasteiger partial charge on any atom is -0.463 e. The molecule has 0 unspecified atom stereocenters. The Morgan fingerprint density at radius 1 is 0.962 bits per heavy atom. The molecular formula is C24H30O2. The molecule has 0 amide bonds. The van der Waals surface area contributed by atoms with Crippen LogP contribution in [0.3, 0.4) is 0 Å². The van der Waals surface area contributed by atoms with Gasteiger partial charge in [0.2, 0.25) is 0 Å². The highest BCUT2D eigenvalue weighted by Crippen LogP contribution is 2.32. The third-order valence-corrected chi connectivity index (χ3v) is 5.04. The van der Waals surface area contributed by atoms with Crippen LogP contribution in [0, 0.1) is 5.41 Å². The Labute approximate surface area is 157 Å². The van der Waals surface area contributed by atoms with Gasteiger partial charge in [-0.15, -0.1) is 0 Å². The van der Waals surface area contributed by atoms with Gasteiger partial charge in [0, 0.05) is 11.5 Å². The van der Waals surface area contributed by atoms with Gasteiger partial charge in [0.1, 0.15) is 0 Å². The largest absolute Gasteiger partial charge is 0.463 e. The van der Waals surface area contributed by atoms with E-state index in [9.17, 15) is 4.79 Å². The second-order valence-electron chi connectivity index (χ2n) is 8.15. The van der Waals surface area contributed by atoms with Crippen LogP contribution in [0.1, 0.15) is 50.8 Å². The molecule has 2 heteroatoms. The van der Waals surface area contributed by atoms with Gasteiger partial charge >= 0.3 is 5.97 Å². The first kappa shape index (κ1) is 20.0. The van der Waals surface area contributed by atoms with Gasteiger partial charge in [0.15, 0.2) is 0 Å². The van der Waals surface area contributed by atoms with Crippen LogP contribution in [0.5, 0.6) is 0 Å². The van der Waals surface area contributed by atoms with Gasteiger partial charge in [-0.2, -0.15) is 0 Å². The van der Waals surface area contributed by atoms with Gasteiger partial charge in [-0.25, -0.2) is 4.79 Å². The molecule has 0 fully saturated rings. The summed E-state index contributed by atoms with van der Waals surface area (Å²) in [5, 5.41) is 0. The van der Waals surface area contributed by atoms with Crippen molar-refractivity contribution >= 4 is 5.97 Å². The second kappa shape index (κ2) is 8.35. The molecule has 0 saturated carbocycles. The van der Waals surface area contributed by atoms with Gasteiger partial charge in [-0.3, -0.25) is 0 Å². The SMILES string of the molecule is C=CC(=O)OCCC(C)(C)Cc1ccc(C(C)(C)c2ccccc2)cc1. The second-order valence-corrected chi connectivity index (χ2v) is 8.15. The van der Waals surface area contributed by atoms with Crippen molar-refractivity contribution in [3.8, 4) is 0 Å². The average molecular weight is 351 g/mol. The van der Waals surface area contributed by atoms with Gasteiger partial charge < -0.3 is 4.74 Å². The summed E-state index contributed by atoms with van der Waals surface area (Å²) in [5.74, 6) is -0.353. The fourth-order valence-corrected chi connectivity index (χ4v) is 3.19. The van der Waals surface area contributed by atoms with E-state index in [0.717, 1.165) is 12.8 Å². The lowest BCUT2D eigenvalue weighted by atomic mass is 9.77. The monoisotopic (exact) mass is 350 g/mol. The molecule has 2 aromatic carbocycles. The maximum atomic E-state index is 11.2. The zero-order valence-corrected chi connectivity index (χ0v) is 16.4. The van der Waals surface area contributed by atoms with Crippen molar-refractivity contribution in [2.24, 2.45) is 5.41 Å². The highest BCUT2D eigenvalue weighted by atomic mass is 16.5. The standard InChI is InChI=1S/C24H30O2/c1-6-22(25)26-17-16-23(2,3)18-19-12-14-21(15-13-19)24(4,5)20-10-8-7-9-11-20/h6-15H,1,16-18H2,2-5H3. The zero-order valence-electron chi connectivity index (χ0n) is 16.4. The molecule has 0 aliphatic heterocycles. The molecule has 2 rings (SSSR count). The molecule has 0 bridgehead atoms. The van der Waals surface area contributed by atoms with E-state index < -0.39 is 0 Å². The van der Waals surface area contributed by atoms with Crippen LogP contribution in [-0.4, -0.2) is 12.6 Å². The van der Waals surface area contributed by atoms with E-state index in [-0.39, 0.29) is 16.8 Å². The topological polar surface area (TPSA) is 26.3 Å². The number of carbonyl (C=O) groups is 1. The maximum absolute atomic E-state index is 11.2. The Balaban J connectivity index is 2.02. The van der Waals surface area contributed by atoms with E-state index in [0.29, 0.717) is 6.61 Å². The lowest BCUT2D eigenvalue weighted by molar-refractivity contribution is -0.138. The molecule has 0 atom stereocenters. The van der Waals surface area contributed by atoms with E-state index >= 15 is 0 Å². The average Bonchev–Trinajstić information content (AvgIpc) is 2.62. The molecule has 26 heavy (non-hydrogen) atoms. The molecular weight excluding hydrogens is 320 g/mol. The molecule has 0 spiro atoms. The van der Waals surface area contributed by atoms with Crippen LogP contribution in [0.15, 0.2) is 67.3 Å². The third kappa shape index (κ3) is 5.32. The Bertz CT molecular complexity index is 725. The summed E-state index contributed by atoms with van der Waals surface area (Å²) in [6.07, 6.45) is 2.98. The van der Waals surface area contributed by atoms with Crippen molar-refractivity contribution in [2.45, 2.75) is 46.0 Å². The van der Waals surface area contributed by atoms with Crippen molar-refractivity contribution in [2.75, 3.05) is 6.61 Å². The van der Waals surface area contributed by atoms with Crippen molar-refractivity contribution in [3.05, 3.63) is 83.9 Å². The quantitative estimate of drug-likeness (QED) is 0.451. The number of hydrogen-bond donors (Lipinski definition) is 0. The van der Waals surface area contributed by atoms with Gasteiger partial charge in [-0.05, 0) is 34.9 Å². The maximum Gasteiger partial charge on any atom is 0.330 e. The number of hydrogen-bond acceptors (Lipinski definition) is 2. The lowest BCUT2D eigenvalue weighted by Crippen LogP contribution is -2.20. The van der Waals surface area contributed by atoms with Crippen molar-refractivity contribution in [3.63, 3.8) is 0 Å². The Kier molecular flexibility index (Phi) is 6.42. The smallest absolute Gasteiger partial charge is 0.330 e. The predicted molar refractivity (Wildman–Crippen MR) is 108 cm³/mol. The fraction of sp³-hybridized carbons (Fsp3) is 0.375. The molecule has 0 heterocycles. The summed E-state index contributed by atoms with van der Waals surface area (Å²) in [4.78, 5) is 11.2. The van der Waals surface area contributed by atoms with E-state index in [1.54, 1.807) is 0 Å². The lowest BCUT2D eigenvalue weighted by Gasteiger charge is -2.27. The van der Waals surface area contributed by atoms with Crippen molar-refractivity contribution < 1.29 is 9.53 Å². The minimum absolute atomic E-state index is 0.0196. The molecule has 138 valence electrons. The van der Waals surface area contributed by atoms with Crippen LogP contribution < -0.4 is 0 Å². The third-order valence-electron chi connectivity index (χ3n) is 5.04. The number of rotatable bonds is 8. The number of ether oxygens (including phenoxy) is 1. The molecule has 0 N–H and O–H groups in total. The van der Waals surface area contributed by atoms with Crippen LogP contribution in [0.2, 0.25) is 0 Å². The normalized spacial score (nSPS) is 11.8. The molecule has 0 aliphatic carbocycles. The van der Waals surface area contributed by atoms with E-state index in [4.69, 9.17) is 4.74 Å². The summed E-state index contributed by atoms with van der Waals surface area (Å²) < 4.78 is 5.12. The molecule has 0 saturated heterocycles. The van der Waals surface area contributed by atoms with Crippen LogP contribution in [0.25, 0.3) is 0 Å². The fourth-order valence-electron chi connectivity index (χ4n) is 3.19. The van der Waals surface area contributed by atoms with Gasteiger partial charge in [0.05, 0.1) is 6.61 Å². The van der Waals surface area contributed by atoms with Gasteiger partial charge in [0.25, 0.3) is 0 Å². The number of benzene rings is 2. The van der Waals surface area contributed by atoms with E-state index in [1.165, 1.54) is 22.8 Å². The van der Waals surface area contributed by atoms with Crippen LogP contribution in [0.4, 0.5) is 0 Å². The number of carbonyl (C=O) groups excluding carboxylic acids is 1. The molecule has 0 aromatic heterocycles. The van der Waals surface area contributed by atoms with Crippen molar-refractivity contribution in [1.82, 2.24) is 0 Å². The highest BCUT2D eigenvalue weighted by Gasteiger charge is 2.23. The Hall–Kier alpha value is -2.35. The Morgan fingerprint density at radius 2 is 1.54 bits per heavy atom. The number of esters is 1. The summed E-state index contributed by atoms with van der Waals surface area (Å²) in [7, 11) is 0. The molecule has 0 aliphatic rings. The minimum atomic E-state index is -0.353. The zero-order chi connectivity index (χ0) is 19.2.